The Labute approximate surface area is 129 Å². The number of hydrogen-bond acceptors (Lipinski definition) is 3. The Morgan fingerprint density at radius 2 is 1.90 bits per heavy atom. The van der Waals surface area contributed by atoms with Crippen LogP contribution in [0.2, 0.25) is 0 Å². The van der Waals surface area contributed by atoms with Gasteiger partial charge >= 0.3 is 0 Å². The van der Waals surface area contributed by atoms with Crippen molar-refractivity contribution < 1.29 is 0 Å². The number of rotatable bonds is 9. The predicted molar refractivity (Wildman–Crippen MR) is 90.6 cm³/mol. The van der Waals surface area contributed by atoms with Gasteiger partial charge in [0.1, 0.15) is 5.01 Å². The molecule has 116 valence electrons. The predicted octanol–water partition coefficient (Wildman–Crippen LogP) is 5.45. The first-order valence-electron chi connectivity index (χ1n) is 8.18. The average Bonchev–Trinajstić information content (AvgIpc) is 2.87. The maximum Gasteiger partial charge on any atom is 0.110 e. The Morgan fingerprint density at radius 3 is 2.45 bits per heavy atom. The highest BCUT2D eigenvalue weighted by Crippen LogP contribution is 2.29. The van der Waals surface area contributed by atoms with E-state index in [1.54, 1.807) is 0 Å². The van der Waals surface area contributed by atoms with Crippen LogP contribution in [0.4, 0.5) is 0 Å². The van der Waals surface area contributed by atoms with Crippen molar-refractivity contribution in [2.75, 3.05) is 6.54 Å². The van der Waals surface area contributed by atoms with E-state index in [-0.39, 0.29) is 5.41 Å². The van der Waals surface area contributed by atoms with Crippen molar-refractivity contribution in [3.63, 3.8) is 0 Å². The molecule has 1 aromatic heterocycles. The van der Waals surface area contributed by atoms with Crippen LogP contribution in [0.5, 0.6) is 0 Å². The van der Waals surface area contributed by atoms with Crippen LogP contribution in [-0.2, 0) is 5.41 Å². The SMILES string of the molecule is CCCCCCC(NCCC)c1nc(C(C)(C)C)cs1. The molecule has 1 heterocycles. The van der Waals surface area contributed by atoms with E-state index < -0.39 is 0 Å². The number of nitrogens with zero attached hydrogens (tertiary/aromatic N) is 1. The first-order chi connectivity index (χ1) is 9.49. The fourth-order valence-electron chi connectivity index (χ4n) is 2.20. The summed E-state index contributed by atoms with van der Waals surface area (Å²) in [5.41, 5.74) is 1.39. The van der Waals surface area contributed by atoms with Crippen molar-refractivity contribution in [3.05, 3.63) is 16.1 Å². The van der Waals surface area contributed by atoms with Crippen LogP contribution < -0.4 is 5.32 Å². The highest BCUT2D eigenvalue weighted by Gasteiger charge is 2.20. The monoisotopic (exact) mass is 296 g/mol. The van der Waals surface area contributed by atoms with Crippen LogP contribution in [0.1, 0.15) is 89.9 Å². The third kappa shape index (κ3) is 5.92. The van der Waals surface area contributed by atoms with E-state index in [2.05, 4.69) is 45.3 Å². The van der Waals surface area contributed by atoms with Crippen LogP contribution in [-0.4, -0.2) is 11.5 Å². The molecule has 0 radical (unpaired) electrons. The van der Waals surface area contributed by atoms with Gasteiger partial charge in [0, 0.05) is 10.8 Å². The van der Waals surface area contributed by atoms with E-state index in [4.69, 9.17) is 4.98 Å². The fourth-order valence-corrected chi connectivity index (χ4v) is 3.35. The lowest BCUT2D eigenvalue weighted by molar-refractivity contribution is 0.465. The van der Waals surface area contributed by atoms with E-state index in [0.717, 1.165) is 6.54 Å². The molecule has 0 aliphatic heterocycles. The van der Waals surface area contributed by atoms with E-state index in [0.29, 0.717) is 6.04 Å². The Hall–Kier alpha value is -0.410. The minimum atomic E-state index is 0.159. The first kappa shape index (κ1) is 17.6. The largest absolute Gasteiger partial charge is 0.308 e. The van der Waals surface area contributed by atoms with Gasteiger partial charge in [-0.2, -0.15) is 0 Å². The normalized spacial score (nSPS) is 13.7. The third-order valence-electron chi connectivity index (χ3n) is 3.58. The topological polar surface area (TPSA) is 24.9 Å². The summed E-state index contributed by atoms with van der Waals surface area (Å²) in [5, 5.41) is 7.19. The zero-order chi connectivity index (χ0) is 15.0. The Balaban J connectivity index is 2.64. The van der Waals surface area contributed by atoms with Crippen molar-refractivity contribution in [3.8, 4) is 0 Å². The van der Waals surface area contributed by atoms with Gasteiger partial charge in [-0.25, -0.2) is 4.98 Å². The average molecular weight is 297 g/mol. The van der Waals surface area contributed by atoms with Gasteiger partial charge in [0.2, 0.25) is 0 Å². The molecule has 0 amide bonds. The van der Waals surface area contributed by atoms with Gasteiger partial charge in [-0.15, -0.1) is 11.3 Å². The zero-order valence-corrected chi connectivity index (χ0v) is 14.8. The zero-order valence-electron chi connectivity index (χ0n) is 14.0. The number of unbranched alkanes of at least 4 members (excludes halogenated alkanes) is 3. The second kappa shape index (κ2) is 8.78. The number of nitrogens with one attached hydrogen (secondary N) is 1. The summed E-state index contributed by atoms with van der Waals surface area (Å²) in [6, 6.07) is 0.452. The molecule has 1 atom stereocenters. The van der Waals surface area contributed by atoms with Crippen molar-refractivity contribution in [2.45, 2.75) is 84.6 Å². The van der Waals surface area contributed by atoms with Gasteiger partial charge in [-0.1, -0.05) is 60.3 Å². The molecule has 2 nitrogen and oxygen atoms in total. The maximum atomic E-state index is 4.89. The van der Waals surface area contributed by atoms with Crippen LogP contribution >= 0.6 is 11.3 Å². The second-order valence-corrected chi connectivity index (χ2v) is 7.57. The van der Waals surface area contributed by atoms with Crippen LogP contribution in [0.15, 0.2) is 5.38 Å². The van der Waals surface area contributed by atoms with E-state index in [1.807, 2.05) is 11.3 Å². The molecule has 0 saturated carbocycles. The van der Waals surface area contributed by atoms with Crippen LogP contribution in [0, 0.1) is 0 Å². The van der Waals surface area contributed by atoms with Gasteiger partial charge in [0.25, 0.3) is 0 Å². The standard InChI is InChI=1S/C17H32N2S/c1-6-8-9-10-11-14(18-12-7-2)16-19-15(13-20-16)17(3,4)5/h13-14,18H,6-12H2,1-5H3. The lowest BCUT2D eigenvalue weighted by Gasteiger charge is -2.17. The number of thiazole rings is 1. The van der Waals surface area contributed by atoms with Gasteiger partial charge in [-0.05, 0) is 19.4 Å². The smallest absolute Gasteiger partial charge is 0.110 e. The van der Waals surface area contributed by atoms with E-state index in [1.165, 1.54) is 49.2 Å². The minimum Gasteiger partial charge on any atom is -0.308 e. The summed E-state index contributed by atoms with van der Waals surface area (Å²) in [4.78, 5) is 4.89. The van der Waals surface area contributed by atoms with Gasteiger partial charge in [-0.3, -0.25) is 0 Å². The quantitative estimate of drug-likeness (QED) is 0.613. The van der Waals surface area contributed by atoms with Crippen molar-refractivity contribution in [1.29, 1.82) is 0 Å². The Kier molecular flexibility index (Phi) is 7.75. The molecule has 0 saturated heterocycles. The van der Waals surface area contributed by atoms with Gasteiger partial charge in [0.15, 0.2) is 0 Å². The molecule has 0 spiro atoms. The molecule has 0 aliphatic carbocycles. The molecule has 1 N–H and O–H groups in total. The molecule has 20 heavy (non-hydrogen) atoms. The summed E-state index contributed by atoms with van der Waals surface area (Å²) < 4.78 is 0. The molecule has 0 fully saturated rings. The summed E-state index contributed by atoms with van der Waals surface area (Å²) in [6.45, 7) is 12.3. The Bertz CT molecular complexity index is 365. The lowest BCUT2D eigenvalue weighted by atomic mass is 9.93. The summed E-state index contributed by atoms with van der Waals surface area (Å²) >= 11 is 1.83. The fraction of sp³-hybridized carbons (Fsp3) is 0.824. The molecule has 1 aromatic rings. The van der Waals surface area contributed by atoms with Gasteiger partial charge in [0.05, 0.1) is 11.7 Å². The van der Waals surface area contributed by atoms with Crippen LogP contribution in [0.25, 0.3) is 0 Å². The van der Waals surface area contributed by atoms with Crippen LogP contribution in [0.3, 0.4) is 0 Å². The highest BCUT2D eigenvalue weighted by molar-refractivity contribution is 7.09. The van der Waals surface area contributed by atoms with Crippen molar-refractivity contribution >= 4 is 11.3 Å². The molecule has 0 bridgehead atoms. The molecular formula is C17H32N2S. The minimum absolute atomic E-state index is 0.159. The molecule has 1 unspecified atom stereocenters. The molecule has 0 aromatic carbocycles. The molecule has 0 aliphatic rings. The summed E-state index contributed by atoms with van der Waals surface area (Å²) in [7, 11) is 0. The van der Waals surface area contributed by atoms with Crippen molar-refractivity contribution in [2.24, 2.45) is 0 Å². The highest BCUT2D eigenvalue weighted by atomic mass is 32.1. The first-order valence-corrected chi connectivity index (χ1v) is 9.06. The van der Waals surface area contributed by atoms with Crippen molar-refractivity contribution in [1.82, 2.24) is 10.3 Å². The molecular weight excluding hydrogens is 264 g/mol. The van der Waals surface area contributed by atoms with E-state index >= 15 is 0 Å². The number of aromatic nitrogens is 1. The summed E-state index contributed by atoms with van der Waals surface area (Å²) in [5.74, 6) is 0. The second-order valence-electron chi connectivity index (χ2n) is 6.68. The maximum absolute atomic E-state index is 4.89. The Morgan fingerprint density at radius 1 is 1.15 bits per heavy atom. The summed E-state index contributed by atoms with van der Waals surface area (Å²) in [6.07, 6.45) is 7.71. The molecule has 3 heteroatoms. The molecule has 1 rings (SSSR count). The number of hydrogen-bond donors (Lipinski definition) is 1. The van der Waals surface area contributed by atoms with Gasteiger partial charge < -0.3 is 5.32 Å². The lowest BCUT2D eigenvalue weighted by Crippen LogP contribution is -2.22. The third-order valence-corrected chi connectivity index (χ3v) is 4.53. The van der Waals surface area contributed by atoms with E-state index in [9.17, 15) is 0 Å².